The van der Waals surface area contributed by atoms with Crippen molar-refractivity contribution < 1.29 is 22.7 Å². The Labute approximate surface area is 185 Å². The molecule has 2 heterocycles. The lowest BCUT2D eigenvalue weighted by Gasteiger charge is -2.29. The van der Waals surface area contributed by atoms with Crippen LogP contribution in [0.5, 0.6) is 5.75 Å². The summed E-state index contributed by atoms with van der Waals surface area (Å²) in [6.07, 6.45) is -3.70. The molecule has 0 spiro atoms. The van der Waals surface area contributed by atoms with Crippen LogP contribution >= 0.6 is 0 Å². The molecule has 0 radical (unpaired) electrons. The summed E-state index contributed by atoms with van der Waals surface area (Å²) in [5, 5.41) is 9.29. The molecule has 170 valence electrons. The smallest absolute Gasteiger partial charge is 0.417 e. The van der Waals surface area contributed by atoms with Crippen molar-refractivity contribution in [3.8, 4) is 11.8 Å². The normalized spacial score (nSPS) is 15.8. The monoisotopic (exact) mass is 446 g/mol. The van der Waals surface area contributed by atoms with Crippen LogP contribution in [0.1, 0.15) is 31.4 Å². The summed E-state index contributed by atoms with van der Waals surface area (Å²) >= 11 is 0. The number of para-hydroxylation sites is 1. The lowest BCUT2D eigenvalue weighted by atomic mass is 10.1. The SMILES string of the molecule is CC(C)C(Oc1ccccc1C#N)C(=O)N1CCCN(c2ccc(C(F)(F)F)cn2)CC1. The molecule has 1 aliphatic heterocycles. The lowest BCUT2D eigenvalue weighted by Crippen LogP contribution is -2.46. The molecule has 0 aliphatic carbocycles. The van der Waals surface area contributed by atoms with E-state index in [-0.39, 0.29) is 11.8 Å². The number of pyridine rings is 1. The Bertz CT molecular complexity index is 970. The van der Waals surface area contributed by atoms with Gasteiger partial charge in [-0.05, 0) is 36.6 Å². The van der Waals surface area contributed by atoms with Gasteiger partial charge in [0.1, 0.15) is 17.6 Å². The van der Waals surface area contributed by atoms with Crippen LogP contribution in [-0.4, -0.2) is 48.1 Å². The fraction of sp³-hybridized carbons (Fsp3) is 0.435. The average molecular weight is 446 g/mol. The molecule has 1 saturated heterocycles. The van der Waals surface area contributed by atoms with Gasteiger partial charge in [-0.2, -0.15) is 18.4 Å². The Morgan fingerprint density at radius 1 is 1.12 bits per heavy atom. The maximum atomic E-state index is 13.3. The lowest BCUT2D eigenvalue weighted by molar-refractivity contribution is -0.140. The molecule has 1 aliphatic rings. The number of carbonyl (C=O) groups is 1. The standard InChI is InChI=1S/C23H25F3N4O2/c1-16(2)21(32-19-7-4-3-6-17(19)14-27)22(31)30-11-5-10-29(12-13-30)20-9-8-18(15-28-20)23(24,25)26/h3-4,6-9,15-16,21H,5,10-13H2,1-2H3. The minimum absolute atomic E-state index is 0.120. The third-order valence-corrected chi connectivity index (χ3v) is 5.32. The molecular weight excluding hydrogens is 421 g/mol. The molecular formula is C23H25F3N4O2. The third kappa shape index (κ3) is 5.49. The first-order valence-corrected chi connectivity index (χ1v) is 10.4. The topological polar surface area (TPSA) is 69.5 Å². The first kappa shape index (κ1) is 23.4. The van der Waals surface area contributed by atoms with Crippen LogP contribution in [0.2, 0.25) is 0 Å². The van der Waals surface area contributed by atoms with Gasteiger partial charge in [0.05, 0.1) is 11.1 Å². The van der Waals surface area contributed by atoms with Gasteiger partial charge < -0.3 is 14.5 Å². The van der Waals surface area contributed by atoms with Crippen molar-refractivity contribution in [1.82, 2.24) is 9.88 Å². The fourth-order valence-corrected chi connectivity index (χ4v) is 3.56. The number of aromatic nitrogens is 1. The maximum Gasteiger partial charge on any atom is 0.417 e. The highest BCUT2D eigenvalue weighted by Gasteiger charge is 2.32. The van der Waals surface area contributed by atoms with Crippen LogP contribution < -0.4 is 9.64 Å². The number of anilines is 1. The van der Waals surface area contributed by atoms with Crippen molar-refractivity contribution in [3.05, 3.63) is 53.7 Å². The Morgan fingerprint density at radius 3 is 2.50 bits per heavy atom. The number of hydrogen-bond donors (Lipinski definition) is 0. The van der Waals surface area contributed by atoms with Crippen LogP contribution in [-0.2, 0) is 11.0 Å². The molecule has 1 aromatic carbocycles. The van der Waals surface area contributed by atoms with Gasteiger partial charge in [0.15, 0.2) is 6.10 Å². The van der Waals surface area contributed by atoms with Crippen molar-refractivity contribution in [2.45, 2.75) is 32.5 Å². The molecule has 6 nitrogen and oxygen atoms in total. The summed E-state index contributed by atoms with van der Waals surface area (Å²) in [6, 6.07) is 11.2. The van der Waals surface area contributed by atoms with Crippen molar-refractivity contribution >= 4 is 11.7 Å². The molecule has 1 amide bonds. The Hall–Kier alpha value is -3.28. The summed E-state index contributed by atoms with van der Waals surface area (Å²) in [6.45, 7) is 5.69. The van der Waals surface area contributed by atoms with Gasteiger partial charge >= 0.3 is 6.18 Å². The largest absolute Gasteiger partial charge is 0.479 e. The molecule has 9 heteroatoms. The summed E-state index contributed by atoms with van der Waals surface area (Å²) in [4.78, 5) is 20.8. The molecule has 0 N–H and O–H groups in total. The quantitative estimate of drug-likeness (QED) is 0.691. The van der Waals surface area contributed by atoms with Gasteiger partial charge in [0.25, 0.3) is 5.91 Å². The van der Waals surface area contributed by atoms with Gasteiger partial charge in [0.2, 0.25) is 0 Å². The average Bonchev–Trinajstić information content (AvgIpc) is 3.03. The number of nitrogens with zero attached hydrogens (tertiary/aromatic N) is 4. The van der Waals surface area contributed by atoms with E-state index in [9.17, 15) is 23.2 Å². The molecule has 0 bridgehead atoms. The Balaban J connectivity index is 1.69. The number of ether oxygens (including phenoxy) is 1. The molecule has 1 fully saturated rings. The Morgan fingerprint density at radius 2 is 1.88 bits per heavy atom. The predicted molar refractivity (Wildman–Crippen MR) is 113 cm³/mol. The zero-order chi connectivity index (χ0) is 23.3. The van der Waals surface area contributed by atoms with E-state index in [4.69, 9.17) is 4.74 Å². The number of alkyl halides is 3. The fourth-order valence-electron chi connectivity index (χ4n) is 3.56. The second kappa shape index (κ2) is 9.90. The van der Waals surface area contributed by atoms with Crippen molar-refractivity contribution in [2.75, 3.05) is 31.1 Å². The highest BCUT2D eigenvalue weighted by Crippen LogP contribution is 2.29. The second-order valence-corrected chi connectivity index (χ2v) is 7.96. The molecule has 1 unspecified atom stereocenters. The van der Waals surface area contributed by atoms with Crippen LogP contribution in [0.4, 0.5) is 19.0 Å². The van der Waals surface area contributed by atoms with E-state index in [1.165, 1.54) is 6.07 Å². The van der Waals surface area contributed by atoms with Crippen LogP contribution in [0.25, 0.3) is 0 Å². The zero-order valence-electron chi connectivity index (χ0n) is 18.0. The van der Waals surface area contributed by atoms with E-state index >= 15 is 0 Å². The number of benzene rings is 1. The summed E-state index contributed by atoms with van der Waals surface area (Å²) in [7, 11) is 0. The highest BCUT2D eigenvalue weighted by atomic mass is 19.4. The highest BCUT2D eigenvalue weighted by molar-refractivity contribution is 5.81. The van der Waals surface area contributed by atoms with Gasteiger partial charge in [-0.15, -0.1) is 0 Å². The molecule has 2 aromatic rings. The minimum atomic E-state index is -4.43. The summed E-state index contributed by atoms with van der Waals surface area (Å²) in [5.41, 5.74) is -0.427. The van der Waals surface area contributed by atoms with Crippen molar-refractivity contribution in [2.24, 2.45) is 5.92 Å². The van der Waals surface area contributed by atoms with E-state index in [1.54, 1.807) is 29.2 Å². The van der Waals surface area contributed by atoms with E-state index in [2.05, 4.69) is 11.1 Å². The van der Waals surface area contributed by atoms with Crippen LogP contribution in [0, 0.1) is 17.2 Å². The van der Waals surface area contributed by atoms with Crippen LogP contribution in [0.3, 0.4) is 0 Å². The number of amides is 1. The Kier molecular flexibility index (Phi) is 7.23. The number of nitriles is 1. The molecule has 32 heavy (non-hydrogen) atoms. The number of rotatable bonds is 5. The van der Waals surface area contributed by atoms with Crippen molar-refractivity contribution in [1.29, 1.82) is 5.26 Å². The second-order valence-electron chi connectivity index (χ2n) is 7.96. The molecule has 1 aromatic heterocycles. The van der Waals surface area contributed by atoms with E-state index in [1.807, 2.05) is 18.7 Å². The number of halogens is 3. The van der Waals surface area contributed by atoms with Gasteiger partial charge in [-0.3, -0.25) is 4.79 Å². The first-order valence-electron chi connectivity index (χ1n) is 10.4. The predicted octanol–water partition coefficient (Wildman–Crippen LogP) is 4.11. The van der Waals surface area contributed by atoms with E-state index < -0.39 is 17.8 Å². The third-order valence-electron chi connectivity index (χ3n) is 5.32. The summed E-state index contributed by atoms with van der Waals surface area (Å²) < 4.78 is 44.3. The number of carbonyl (C=O) groups excluding carboxylic acids is 1. The molecule has 0 saturated carbocycles. The summed E-state index contributed by atoms with van der Waals surface area (Å²) in [5.74, 6) is 0.527. The maximum absolute atomic E-state index is 13.3. The minimum Gasteiger partial charge on any atom is -0.479 e. The van der Waals surface area contributed by atoms with Crippen LogP contribution in [0.15, 0.2) is 42.6 Å². The first-order chi connectivity index (χ1) is 15.2. The van der Waals surface area contributed by atoms with Gasteiger partial charge in [0, 0.05) is 32.4 Å². The van der Waals surface area contributed by atoms with E-state index in [0.717, 1.165) is 12.3 Å². The molecule has 3 rings (SSSR count). The van der Waals surface area contributed by atoms with Gasteiger partial charge in [-0.25, -0.2) is 4.98 Å². The van der Waals surface area contributed by atoms with Gasteiger partial charge in [-0.1, -0.05) is 26.0 Å². The van der Waals surface area contributed by atoms with Crippen molar-refractivity contribution in [3.63, 3.8) is 0 Å². The van der Waals surface area contributed by atoms with E-state index in [0.29, 0.717) is 49.7 Å². The number of hydrogen-bond acceptors (Lipinski definition) is 5. The zero-order valence-corrected chi connectivity index (χ0v) is 18.0. The molecule has 1 atom stereocenters.